The molecule has 19 heavy (non-hydrogen) atoms. The van der Waals surface area contributed by atoms with Crippen molar-refractivity contribution in [2.24, 2.45) is 5.73 Å². The Morgan fingerprint density at radius 3 is 2.16 bits per heavy atom. The summed E-state index contributed by atoms with van der Waals surface area (Å²) in [5, 5.41) is 5.16. The van der Waals surface area contributed by atoms with Crippen LogP contribution in [0.15, 0.2) is 54.6 Å². The van der Waals surface area contributed by atoms with Crippen molar-refractivity contribution in [3.8, 4) is 0 Å². The molecule has 0 aliphatic rings. The second kappa shape index (κ2) is 5.60. The summed E-state index contributed by atoms with van der Waals surface area (Å²) in [6, 6.07) is 19.4. The third-order valence-corrected chi connectivity index (χ3v) is 3.64. The minimum absolute atomic E-state index is 0. The lowest BCUT2D eigenvalue weighted by Crippen LogP contribution is -2.09. The number of halogens is 1. The first-order valence-electron chi connectivity index (χ1n) is 6.47. The lowest BCUT2D eigenvalue weighted by atomic mass is 9.93. The van der Waals surface area contributed by atoms with E-state index in [0.29, 0.717) is 0 Å². The zero-order valence-corrected chi connectivity index (χ0v) is 11.8. The number of hydrogen-bond donors (Lipinski definition) is 1. The van der Waals surface area contributed by atoms with E-state index in [0.717, 1.165) is 6.42 Å². The summed E-state index contributed by atoms with van der Waals surface area (Å²) in [5.41, 5.74) is 7.51. The van der Waals surface area contributed by atoms with Crippen LogP contribution in [0, 0.1) is 0 Å². The van der Waals surface area contributed by atoms with Gasteiger partial charge in [-0.25, -0.2) is 0 Å². The smallest absolute Gasteiger partial charge is 0.0298 e. The van der Waals surface area contributed by atoms with Crippen molar-refractivity contribution in [2.75, 3.05) is 0 Å². The summed E-state index contributed by atoms with van der Waals surface area (Å²) in [4.78, 5) is 0. The molecule has 98 valence electrons. The SMILES string of the molecule is CC[C@@H](N)c1cc2ccccc2c2ccccc12.Cl. The van der Waals surface area contributed by atoms with Gasteiger partial charge in [0.2, 0.25) is 0 Å². The van der Waals surface area contributed by atoms with Gasteiger partial charge in [-0.15, -0.1) is 12.4 Å². The number of fused-ring (bicyclic) bond motifs is 3. The highest BCUT2D eigenvalue weighted by molar-refractivity contribution is 6.09. The van der Waals surface area contributed by atoms with Crippen LogP contribution in [0.3, 0.4) is 0 Å². The third-order valence-electron chi connectivity index (χ3n) is 3.64. The zero-order chi connectivity index (χ0) is 12.5. The van der Waals surface area contributed by atoms with Crippen LogP contribution < -0.4 is 5.73 Å². The minimum Gasteiger partial charge on any atom is -0.324 e. The van der Waals surface area contributed by atoms with Crippen molar-refractivity contribution in [1.29, 1.82) is 0 Å². The summed E-state index contributed by atoms with van der Waals surface area (Å²) in [6.45, 7) is 2.13. The normalized spacial score (nSPS) is 12.3. The fourth-order valence-electron chi connectivity index (χ4n) is 2.61. The van der Waals surface area contributed by atoms with E-state index in [9.17, 15) is 0 Å². The highest BCUT2D eigenvalue weighted by Gasteiger charge is 2.10. The third kappa shape index (κ3) is 2.32. The molecule has 0 saturated carbocycles. The van der Waals surface area contributed by atoms with Crippen LogP contribution >= 0.6 is 12.4 Å². The first-order valence-corrected chi connectivity index (χ1v) is 6.47. The van der Waals surface area contributed by atoms with Gasteiger partial charge < -0.3 is 5.73 Å². The highest BCUT2D eigenvalue weighted by Crippen LogP contribution is 2.31. The Morgan fingerprint density at radius 1 is 0.895 bits per heavy atom. The van der Waals surface area contributed by atoms with Crippen molar-refractivity contribution in [3.05, 3.63) is 60.2 Å². The van der Waals surface area contributed by atoms with Gasteiger partial charge >= 0.3 is 0 Å². The van der Waals surface area contributed by atoms with E-state index >= 15 is 0 Å². The van der Waals surface area contributed by atoms with Crippen LogP contribution in [0.1, 0.15) is 24.9 Å². The van der Waals surface area contributed by atoms with E-state index in [2.05, 4.69) is 61.5 Å². The molecule has 3 aromatic rings. The molecular weight excluding hydrogens is 254 g/mol. The first kappa shape index (κ1) is 13.9. The van der Waals surface area contributed by atoms with E-state index in [-0.39, 0.29) is 18.4 Å². The molecule has 0 spiro atoms. The maximum Gasteiger partial charge on any atom is 0.0298 e. The van der Waals surface area contributed by atoms with Crippen molar-refractivity contribution in [1.82, 2.24) is 0 Å². The summed E-state index contributed by atoms with van der Waals surface area (Å²) in [6.07, 6.45) is 0.961. The Balaban J connectivity index is 0.00000133. The topological polar surface area (TPSA) is 26.0 Å². The molecule has 0 heterocycles. The molecule has 0 bridgehead atoms. The van der Waals surface area contributed by atoms with Crippen LogP contribution in [0.5, 0.6) is 0 Å². The average molecular weight is 272 g/mol. The predicted octanol–water partition coefficient (Wildman–Crippen LogP) is 4.82. The Morgan fingerprint density at radius 2 is 1.47 bits per heavy atom. The molecule has 3 aromatic carbocycles. The molecule has 0 saturated heterocycles. The molecule has 2 N–H and O–H groups in total. The van der Waals surface area contributed by atoms with Gasteiger partial charge in [-0.3, -0.25) is 0 Å². The lowest BCUT2D eigenvalue weighted by Gasteiger charge is -2.15. The van der Waals surface area contributed by atoms with Crippen molar-refractivity contribution in [3.63, 3.8) is 0 Å². The first-order chi connectivity index (χ1) is 8.81. The monoisotopic (exact) mass is 271 g/mol. The number of rotatable bonds is 2. The second-order valence-corrected chi connectivity index (χ2v) is 4.75. The van der Waals surface area contributed by atoms with E-state index in [1.54, 1.807) is 0 Å². The van der Waals surface area contributed by atoms with Gasteiger partial charge in [0.25, 0.3) is 0 Å². The van der Waals surface area contributed by atoms with Crippen LogP contribution in [0.2, 0.25) is 0 Å². The fourth-order valence-corrected chi connectivity index (χ4v) is 2.61. The molecule has 2 heteroatoms. The maximum atomic E-state index is 6.25. The summed E-state index contributed by atoms with van der Waals surface area (Å²) in [5.74, 6) is 0. The lowest BCUT2D eigenvalue weighted by molar-refractivity contribution is 0.705. The fraction of sp³-hybridized carbons (Fsp3) is 0.176. The van der Waals surface area contributed by atoms with Gasteiger partial charge in [0.1, 0.15) is 0 Å². The molecule has 0 aromatic heterocycles. The summed E-state index contributed by atoms with van der Waals surface area (Å²) < 4.78 is 0. The number of benzene rings is 3. The molecular formula is C17H18ClN. The maximum absolute atomic E-state index is 6.25. The molecule has 3 rings (SSSR count). The Hall–Kier alpha value is -1.57. The molecule has 0 radical (unpaired) electrons. The second-order valence-electron chi connectivity index (χ2n) is 4.75. The van der Waals surface area contributed by atoms with Gasteiger partial charge in [0, 0.05) is 6.04 Å². The van der Waals surface area contributed by atoms with Crippen molar-refractivity contribution < 1.29 is 0 Å². The molecule has 0 amide bonds. The van der Waals surface area contributed by atoms with Gasteiger partial charge in [-0.05, 0) is 39.6 Å². The van der Waals surface area contributed by atoms with E-state index < -0.39 is 0 Å². The number of nitrogens with two attached hydrogens (primary N) is 1. The summed E-state index contributed by atoms with van der Waals surface area (Å²) >= 11 is 0. The molecule has 0 unspecified atom stereocenters. The Bertz CT molecular complexity index is 706. The summed E-state index contributed by atoms with van der Waals surface area (Å²) in [7, 11) is 0. The Kier molecular flexibility index (Phi) is 4.08. The molecule has 0 fully saturated rings. The molecule has 1 atom stereocenters. The van der Waals surface area contributed by atoms with E-state index in [1.807, 2.05) is 0 Å². The largest absolute Gasteiger partial charge is 0.324 e. The van der Waals surface area contributed by atoms with Crippen LogP contribution in [-0.4, -0.2) is 0 Å². The zero-order valence-electron chi connectivity index (χ0n) is 11.0. The van der Waals surface area contributed by atoms with Gasteiger partial charge in [-0.1, -0.05) is 55.5 Å². The Labute approximate surface area is 119 Å². The molecule has 0 aliphatic carbocycles. The standard InChI is InChI=1S/C17H17N.ClH/c1-2-17(18)16-11-12-7-3-4-8-13(12)14-9-5-6-10-15(14)16;/h3-11,17H,2,18H2,1H3;1H/t17-;/m1./s1. The van der Waals surface area contributed by atoms with Gasteiger partial charge in [0.15, 0.2) is 0 Å². The molecule has 0 aliphatic heterocycles. The van der Waals surface area contributed by atoms with Gasteiger partial charge in [0.05, 0.1) is 0 Å². The van der Waals surface area contributed by atoms with Crippen molar-refractivity contribution in [2.45, 2.75) is 19.4 Å². The van der Waals surface area contributed by atoms with Crippen molar-refractivity contribution >= 4 is 34.0 Å². The van der Waals surface area contributed by atoms with Crippen LogP contribution in [-0.2, 0) is 0 Å². The quantitative estimate of drug-likeness (QED) is 0.664. The molecule has 1 nitrogen and oxygen atoms in total. The van der Waals surface area contributed by atoms with Crippen LogP contribution in [0.25, 0.3) is 21.5 Å². The number of hydrogen-bond acceptors (Lipinski definition) is 1. The highest BCUT2D eigenvalue weighted by atomic mass is 35.5. The van der Waals surface area contributed by atoms with Gasteiger partial charge in [-0.2, -0.15) is 0 Å². The average Bonchev–Trinajstić information content (AvgIpc) is 2.45. The predicted molar refractivity (Wildman–Crippen MR) is 85.9 cm³/mol. The van der Waals surface area contributed by atoms with Crippen LogP contribution in [0.4, 0.5) is 0 Å². The van der Waals surface area contributed by atoms with E-state index in [1.165, 1.54) is 27.1 Å². The minimum atomic E-state index is 0. The van der Waals surface area contributed by atoms with E-state index in [4.69, 9.17) is 5.73 Å².